The second kappa shape index (κ2) is 10.9. The van der Waals surface area contributed by atoms with E-state index in [1.54, 1.807) is 48.5 Å². The van der Waals surface area contributed by atoms with E-state index in [1.165, 1.54) is 23.3 Å². The molecule has 0 spiro atoms. The van der Waals surface area contributed by atoms with E-state index in [2.05, 4.69) is 0 Å². The quantitative estimate of drug-likeness (QED) is 0.133. The number of hydrogen-bond acceptors (Lipinski definition) is 7. The van der Waals surface area contributed by atoms with Crippen molar-refractivity contribution in [3.05, 3.63) is 125 Å². The first-order valence-corrected chi connectivity index (χ1v) is 13.8. The molecule has 1 amide bonds. The van der Waals surface area contributed by atoms with Crippen LogP contribution in [0.3, 0.4) is 0 Å². The molecule has 7 nitrogen and oxygen atoms in total. The van der Waals surface area contributed by atoms with Crippen molar-refractivity contribution in [2.75, 3.05) is 12.0 Å². The van der Waals surface area contributed by atoms with Crippen LogP contribution in [-0.2, 0) is 16.2 Å². The summed E-state index contributed by atoms with van der Waals surface area (Å²) in [5.74, 6) is -0.662. The molecule has 0 saturated carbocycles. The SMILES string of the molecule is COc1cccc(C(O)=C2C(=O)C(=O)N(c3nc4ccc(C)cc4s3)C2c2ccc(OCc3ccccc3)cc2)c1. The zero-order valence-electron chi connectivity index (χ0n) is 22.4. The summed E-state index contributed by atoms with van der Waals surface area (Å²) in [6.07, 6.45) is 0. The maximum absolute atomic E-state index is 13.6. The number of carbonyl (C=O) groups is 2. The van der Waals surface area contributed by atoms with Crippen molar-refractivity contribution in [3.8, 4) is 11.5 Å². The largest absolute Gasteiger partial charge is 0.507 e. The van der Waals surface area contributed by atoms with Gasteiger partial charge in [-0.25, -0.2) is 4.98 Å². The van der Waals surface area contributed by atoms with Crippen molar-refractivity contribution in [2.45, 2.75) is 19.6 Å². The predicted molar refractivity (Wildman–Crippen MR) is 159 cm³/mol. The van der Waals surface area contributed by atoms with Crippen molar-refractivity contribution in [3.63, 3.8) is 0 Å². The molecule has 4 aromatic carbocycles. The van der Waals surface area contributed by atoms with E-state index in [0.717, 1.165) is 21.3 Å². The van der Waals surface area contributed by atoms with E-state index in [1.807, 2.05) is 55.5 Å². The molecule has 1 saturated heterocycles. The molecular formula is C33H26N2O5S. The number of amides is 1. The summed E-state index contributed by atoms with van der Waals surface area (Å²) in [6.45, 7) is 2.39. The van der Waals surface area contributed by atoms with Crippen molar-refractivity contribution in [1.29, 1.82) is 0 Å². The molecule has 8 heteroatoms. The van der Waals surface area contributed by atoms with Gasteiger partial charge in [-0.05, 0) is 60.0 Å². The number of aryl methyl sites for hydroxylation is 1. The lowest BCUT2D eigenvalue weighted by atomic mass is 9.95. The van der Waals surface area contributed by atoms with Gasteiger partial charge in [0.2, 0.25) is 0 Å². The number of ketones is 1. The maximum Gasteiger partial charge on any atom is 0.301 e. The van der Waals surface area contributed by atoms with E-state index in [4.69, 9.17) is 14.5 Å². The number of nitrogens with zero attached hydrogens (tertiary/aromatic N) is 2. The molecule has 204 valence electrons. The summed E-state index contributed by atoms with van der Waals surface area (Å²) >= 11 is 1.33. The van der Waals surface area contributed by atoms with Gasteiger partial charge in [0, 0.05) is 5.56 Å². The number of methoxy groups -OCH3 is 1. The average molecular weight is 563 g/mol. The van der Waals surface area contributed by atoms with Gasteiger partial charge in [0.25, 0.3) is 5.78 Å². The highest BCUT2D eigenvalue weighted by Gasteiger charge is 2.48. The number of Topliss-reactive ketones (excluding diaryl/α,β-unsaturated/α-hetero) is 1. The van der Waals surface area contributed by atoms with Gasteiger partial charge in [-0.2, -0.15) is 0 Å². The fourth-order valence-corrected chi connectivity index (χ4v) is 5.97. The third-order valence-corrected chi connectivity index (χ3v) is 7.99. The van der Waals surface area contributed by atoms with Crippen LogP contribution in [0.5, 0.6) is 11.5 Å². The number of anilines is 1. The normalized spacial score (nSPS) is 16.3. The average Bonchev–Trinajstić information content (AvgIpc) is 3.53. The van der Waals surface area contributed by atoms with Crippen molar-refractivity contribution >= 4 is 44.1 Å². The van der Waals surface area contributed by atoms with E-state index in [-0.39, 0.29) is 11.3 Å². The number of rotatable bonds is 7. The van der Waals surface area contributed by atoms with Gasteiger partial charge in [-0.1, -0.05) is 72.0 Å². The highest BCUT2D eigenvalue weighted by molar-refractivity contribution is 7.22. The molecule has 0 aliphatic carbocycles. The van der Waals surface area contributed by atoms with Gasteiger partial charge in [0.1, 0.15) is 23.9 Å². The summed E-state index contributed by atoms with van der Waals surface area (Å²) in [7, 11) is 1.52. The summed E-state index contributed by atoms with van der Waals surface area (Å²) in [5, 5.41) is 11.8. The van der Waals surface area contributed by atoms with E-state index >= 15 is 0 Å². The smallest absolute Gasteiger partial charge is 0.301 e. The number of hydrogen-bond donors (Lipinski definition) is 1. The first kappa shape index (κ1) is 26.3. The van der Waals surface area contributed by atoms with E-state index < -0.39 is 17.7 Å². The molecule has 6 rings (SSSR count). The minimum atomic E-state index is -0.897. The zero-order chi connectivity index (χ0) is 28.5. The van der Waals surface area contributed by atoms with E-state index in [0.29, 0.717) is 34.4 Å². The summed E-state index contributed by atoms with van der Waals surface area (Å²) in [4.78, 5) is 33.2. The van der Waals surface area contributed by atoms with Gasteiger partial charge in [-0.3, -0.25) is 14.5 Å². The number of aliphatic hydroxyl groups is 1. The Kier molecular flexibility index (Phi) is 6.99. The predicted octanol–water partition coefficient (Wildman–Crippen LogP) is 6.82. The number of benzene rings is 4. The minimum absolute atomic E-state index is 0.0170. The van der Waals surface area contributed by atoms with Crippen molar-refractivity contribution in [2.24, 2.45) is 0 Å². The number of thiazole rings is 1. The number of carbonyl (C=O) groups excluding carboxylic acids is 2. The molecule has 5 aromatic rings. The Balaban J connectivity index is 1.44. The fourth-order valence-electron chi connectivity index (χ4n) is 4.88. The van der Waals surface area contributed by atoms with Crippen LogP contribution < -0.4 is 14.4 Å². The molecule has 1 unspecified atom stereocenters. The molecule has 2 heterocycles. The van der Waals surface area contributed by atoms with Crippen molar-refractivity contribution in [1.82, 2.24) is 4.98 Å². The Labute approximate surface area is 240 Å². The molecule has 0 radical (unpaired) electrons. The number of ether oxygens (including phenoxy) is 2. The first-order valence-electron chi connectivity index (χ1n) is 13.0. The van der Waals surface area contributed by atoms with Gasteiger partial charge in [0.05, 0.1) is 28.9 Å². The Morgan fingerprint density at radius 2 is 1.71 bits per heavy atom. The topological polar surface area (TPSA) is 89.0 Å². The third kappa shape index (κ3) is 5.05. The number of aromatic nitrogens is 1. The highest BCUT2D eigenvalue weighted by Crippen LogP contribution is 2.44. The summed E-state index contributed by atoms with van der Waals surface area (Å²) < 4.78 is 12.2. The molecule has 1 N–H and O–H groups in total. The van der Waals surface area contributed by atoms with Crippen LogP contribution in [0.4, 0.5) is 5.13 Å². The van der Waals surface area contributed by atoms with Crippen LogP contribution >= 0.6 is 11.3 Å². The second-order valence-electron chi connectivity index (χ2n) is 9.71. The molecule has 0 bridgehead atoms. The molecule has 1 atom stereocenters. The van der Waals surface area contributed by atoms with Gasteiger partial charge >= 0.3 is 5.91 Å². The van der Waals surface area contributed by atoms with Crippen LogP contribution in [-0.4, -0.2) is 28.9 Å². The fraction of sp³-hybridized carbons (Fsp3) is 0.121. The van der Waals surface area contributed by atoms with Gasteiger partial charge in [-0.15, -0.1) is 0 Å². The summed E-state index contributed by atoms with van der Waals surface area (Å²) in [5.41, 5.74) is 3.82. The molecule has 1 aromatic heterocycles. The molecule has 41 heavy (non-hydrogen) atoms. The Morgan fingerprint density at radius 1 is 0.927 bits per heavy atom. The molecule has 1 aliphatic heterocycles. The van der Waals surface area contributed by atoms with Crippen LogP contribution in [0.1, 0.15) is 28.3 Å². The molecular weight excluding hydrogens is 536 g/mol. The lowest BCUT2D eigenvalue weighted by molar-refractivity contribution is -0.132. The standard InChI is InChI=1S/C33H26N2O5S/c1-20-11-16-26-27(17-20)41-33(34-26)35-29(22-12-14-24(15-13-22)40-19-21-7-4-3-5-8-21)28(31(37)32(35)38)30(36)23-9-6-10-25(18-23)39-2/h3-18,29,36H,19H2,1-2H3. The lowest BCUT2D eigenvalue weighted by Crippen LogP contribution is -2.29. The number of aliphatic hydroxyl groups excluding tert-OH is 1. The molecule has 1 aliphatic rings. The number of fused-ring (bicyclic) bond motifs is 1. The lowest BCUT2D eigenvalue weighted by Gasteiger charge is -2.23. The summed E-state index contributed by atoms with van der Waals surface area (Å²) in [6, 6.07) is 28.7. The van der Waals surface area contributed by atoms with Crippen LogP contribution in [0.2, 0.25) is 0 Å². The van der Waals surface area contributed by atoms with Crippen LogP contribution in [0.25, 0.3) is 16.0 Å². The Morgan fingerprint density at radius 3 is 2.46 bits per heavy atom. The van der Waals surface area contributed by atoms with Crippen molar-refractivity contribution < 1.29 is 24.2 Å². The first-order chi connectivity index (χ1) is 19.9. The van der Waals surface area contributed by atoms with Crippen LogP contribution in [0.15, 0.2) is 103 Å². The monoisotopic (exact) mass is 562 g/mol. The molecule has 1 fully saturated rings. The Hall–Kier alpha value is -4.95. The van der Waals surface area contributed by atoms with Gasteiger partial charge < -0.3 is 14.6 Å². The Bertz CT molecular complexity index is 1790. The van der Waals surface area contributed by atoms with Crippen LogP contribution in [0, 0.1) is 6.92 Å². The highest BCUT2D eigenvalue weighted by atomic mass is 32.1. The maximum atomic E-state index is 13.6. The zero-order valence-corrected chi connectivity index (χ0v) is 23.2. The van der Waals surface area contributed by atoms with Gasteiger partial charge in [0.15, 0.2) is 5.13 Å². The second-order valence-corrected chi connectivity index (χ2v) is 10.7. The third-order valence-electron chi connectivity index (χ3n) is 6.97. The minimum Gasteiger partial charge on any atom is -0.507 e. The van der Waals surface area contributed by atoms with E-state index in [9.17, 15) is 14.7 Å².